The quantitative estimate of drug-likeness (QED) is 0.101. The number of nitrogens with zero attached hydrogens (tertiary/aromatic N) is 2. The average Bonchev–Trinajstić information content (AvgIpc) is 3.31. The monoisotopic (exact) mass is 645 g/mol. The third-order valence-corrected chi connectivity index (χ3v) is 8.46. The second-order valence-electron chi connectivity index (χ2n) is 12.7. The van der Waals surface area contributed by atoms with Crippen LogP contribution in [-0.4, -0.2) is 84.5 Å². The maximum Gasteiger partial charge on any atom is 0.243 e. The highest BCUT2D eigenvalue weighted by molar-refractivity contribution is 5.83. The Morgan fingerprint density at radius 2 is 1.36 bits per heavy atom. The average molecular weight is 646 g/mol. The van der Waals surface area contributed by atoms with Crippen LogP contribution in [0.5, 0.6) is 0 Å². The van der Waals surface area contributed by atoms with E-state index in [4.69, 9.17) is 22.6 Å². The van der Waals surface area contributed by atoms with Crippen LogP contribution in [0.4, 0.5) is 0 Å². The van der Waals surface area contributed by atoms with Crippen LogP contribution in [0, 0.1) is 11.3 Å². The molecule has 2 amide bonds. The fourth-order valence-electron chi connectivity index (χ4n) is 5.80. The lowest BCUT2D eigenvalue weighted by atomic mass is 9.98. The summed E-state index contributed by atoms with van der Waals surface area (Å²) in [4.78, 5) is 31.3. The zero-order valence-electron chi connectivity index (χ0n) is 28.1. The first-order valence-corrected chi connectivity index (χ1v) is 16.6. The Hall–Kier alpha value is -4.35. The highest BCUT2D eigenvalue weighted by atomic mass is 16.2. The summed E-state index contributed by atoms with van der Waals surface area (Å²) in [6, 6.07) is 17.3. The maximum atomic E-state index is 13.9. The molecule has 0 aliphatic carbocycles. The number of hydrogen-bond donors (Lipinski definition) is 7. The van der Waals surface area contributed by atoms with E-state index in [2.05, 4.69) is 47.9 Å². The molecule has 0 radical (unpaired) electrons. The fourth-order valence-corrected chi connectivity index (χ4v) is 5.80. The predicted molar refractivity (Wildman–Crippen MR) is 190 cm³/mol. The number of amides is 2. The Morgan fingerprint density at radius 3 is 1.94 bits per heavy atom. The topological polar surface area (TPSA) is 179 Å². The molecule has 10 N–H and O–H groups in total. The summed E-state index contributed by atoms with van der Waals surface area (Å²) in [5.74, 6) is -0.216. The largest absolute Gasteiger partial charge is 0.376 e. The number of carbonyl (C=O) groups is 2. The Labute approximate surface area is 280 Å². The number of hydrogen-bond acceptors (Lipinski definition) is 7. The lowest BCUT2D eigenvalue weighted by molar-refractivity contribution is -0.124. The minimum Gasteiger partial charge on any atom is -0.376 e. The molecule has 2 aromatic rings. The first-order chi connectivity index (χ1) is 22.5. The number of rotatable bonds is 17. The van der Waals surface area contributed by atoms with Crippen LogP contribution in [-0.2, 0) is 22.4 Å². The molecule has 0 bridgehead atoms. The number of carbonyl (C=O) groups excluding carboxylic acids is 2. The Morgan fingerprint density at radius 1 is 0.809 bits per heavy atom. The van der Waals surface area contributed by atoms with E-state index in [-0.39, 0.29) is 29.7 Å². The molecule has 1 aliphatic rings. The molecule has 0 saturated carbocycles. The number of nitrogens with two attached hydrogens (primary N) is 3. The first-order valence-electron chi connectivity index (χ1n) is 16.6. The van der Waals surface area contributed by atoms with Crippen molar-refractivity contribution in [1.82, 2.24) is 25.8 Å². The second-order valence-corrected chi connectivity index (χ2v) is 12.7. The molecule has 0 unspecified atom stereocenters. The molecular formula is C36H55N9O2. The van der Waals surface area contributed by atoms with E-state index < -0.39 is 18.1 Å². The van der Waals surface area contributed by atoms with E-state index in [1.807, 2.05) is 65.6 Å². The fraction of sp³-hybridized carbons (Fsp3) is 0.472. The zero-order chi connectivity index (χ0) is 34.3. The maximum absolute atomic E-state index is 13.9. The first kappa shape index (κ1) is 37.1. The second kappa shape index (κ2) is 18.7. The van der Waals surface area contributed by atoms with Crippen molar-refractivity contribution < 1.29 is 9.59 Å². The molecular weight excluding hydrogens is 590 g/mol. The summed E-state index contributed by atoms with van der Waals surface area (Å²) in [6.07, 6.45) is 2.77. The lowest BCUT2D eigenvalue weighted by Gasteiger charge is -2.33. The minimum atomic E-state index is -0.747. The van der Waals surface area contributed by atoms with Crippen LogP contribution in [0.15, 0.2) is 85.2 Å². The summed E-state index contributed by atoms with van der Waals surface area (Å²) in [5, 5.41) is 17.5. The molecule has 3 rings (SSSR count). The number of guanidine groups is 1. The van der Waals surface area contributed by atoms with E-state index in [9.17, 15) is 9.59 Å². The molecule has 11 nitrogen and oxygen atoms in total. The van der Waals surface area contributed by atoms with Gasteiger partial charge in [0.1, 0.15) is 6.04 Å². The molecule has 0 aromatic heterocycles. The molecule has 1 aliphatic heterocycles. The molecule has 1 heterocycles. The minimum absolute atomic E-state index is 0.0621. The van der Waals surface area contributed by atoms with Crippen LogP contribution in [0.2, 0.25) is 0 Å². The Bertz CT molecular complexity index is 1320. The van der Waals surface area contributed by atoms with Gasteiger partial charge in [-0.2, -0.15) is 0 Å². The summed E-state index contributed by atoms with van der Waals surface area (Å²) >= 11 is 0. The van der Waals surface area contributed by atoms with Crippen molar-refractivity contribution in [3.8, 4) is 0 Å². The van der Waals surface area contributed by atoms with Crippen molar-refractivity contribution in [2.45, 2.75) is 70.1 Å². The zero-order valence-corrected chi connectivity index (χ0v) is 28.1. The Kier molecular flexibility index (Phi) is 14.8. The molecule has 47 heavy (non-hydrogen) atoms. The van der Waals surface area contributed by atoms with Crippen LogP contribution in [0.3, 0.4) is 0 Å². The molecule has 11 heteroatoms. The number of benzene rings is 2. The van der Waals surface area contributed by atoms with Gasteiger partial charge in [-0.3, -0.25) is 15.0 Å². The smallest absolute Gasteiger partial charge is 0.243 e. The van der Waals surface area contributed by atoms with E-state index >= 15 is 0 Å². The molecule has 2 aromatic carbocycles. The summed E-state index contributed by atoms with van der Waals surface area (Å²) in [7, 11) is 0. The normalized spacial score (nSPS) is 15.9. The Balaban J connectivity index is 1.74. The van der Waals surface area contributed by atoms with Crippen LogP contribution in [0.25, 0.3) is 0 Å². The molecule has 1 fully saturated rings. The van der Waals surface area contributed by atoms with Crippen LogP contribution >= 0.6 is 0 Å². The van der Waals surface area contributed by atoms with Crippen molar-refractivity contribution in [1.29, 1.82) is 5.41 Å². The van der Waals surface area contributed by atoms with Gasteiger partial charge in [0, 0.05) is 37.6 Å². The van der Waals surface area contributed by atoms with Gasteiger partial charge in [-0.05, 0) is 55.7 Å². The SMILES string of the molecule is C=C(N[C@H](CC(C)C)C(=O)N[C@H](CCN)C(=C)N1CCCN(C(=N)N)CC1)[C@@H](Cc1ccccc1)NC(=O)[C@H](N)Cc1ccccc1. The summed E-state index contributed by atoms with van der Waals surface area (Å²) in [6.45, 7) is 15.9. The standard InChI is InChI=1S/C36H55N9O2/c1-25(2)22-33(35(47)42-31(16-17-37)27(4)44-18-11-19-45(21-20-44)36(39)40)41-26(3)32(24-29-14-9-6-10-15-29)43-34(46)30(38)23-28-12-7-5-8-13-28/h5-10,12-15,25,30-33,41H,3-4,11,16-24,37-38H2,1-2H3,(H3,39,40)(H,42,47)(H,43,46)/t30-,31-,32-,33-/m1/s1. The molecule has 0 spiro atoms. The third kappa shape index (κ3) is 12.1. The van der Waals surface area contributed by atoms with Crippen molar-refractivity contribution >= 4 is 17.8 Å². The van der Waals surface area contributed by atoms with Crippen LogP contribution < -0.4 is 33.2 Å². The van der Waals surface area contributed by atoms with Crippen LogP contribution in [0.1, 0.15) is 44.2 Å². The van der Waals surface area contributed by atoms with Gasteiger partial charge in [-0.15, -0.1) is 0 Å². The van der Waals surface area contributed by atoms with Crippen molar-refractivity contribution in [3.05, 3.63) is 96.3 Å². The van der Waals surface area contributed by atoms with E-state index in [1.165, 1.54) is 0 Å². The van der Waals surface area contributed by atoms with Gasteiger partial charge < -0.3 is 43.0 Å². The van der Waals surface area contributed by atoms with E-state index in [0.29, 0.717) is 57.6 Å². The van der Waals surface area contributed by atoms with Crippen molar-refractivity contribution in [2.24, 2.45) is 23.1 Å². The van der Waals surface area contributed by atoms with Gasteiger partial charge in [0.2, 0.25) is 11.8 Å². The van der Waals surface area contributed by atoms with Gasteiger partial charge >= 0.3 is 0 Å². The van der Waals surface area contributed by atoms with E-state index in [0.717, 1.165) is 29.8 Å². The van der Waals surface area contributed by atoms with Gasteiger partial charge in [0.05, 0.1) is 18.1 Å². The van der Waals surface area contributed by atoms with Gasteiger partial charge in [0.15, 0.2) is 5.96 Å². The third-order valence-electron chi connectivity index (χ3n) is 8.46. The molecule has 1 saturated heterocycles. The highest BCUT2D eigenvalue weighted by Gasteiger charge is 2.29. The predicted octanol–water partition coefficient (Wildman–Crippen LogP) is 2.05. The molecule has 256 valence electrons. The lowest BCUT2D eigenvalue weighted by Crippen LogP contribution is -2.54. The summed E-state index contributed by atoms with van der Waals surface area (Å²) < 4.78 is 0. The van der Waals surface area contributed by atoms with Crippen molar-refractivity contribution in [2.75, 3.05) is 32.7 Å². The molecule has 4 atom stereocenters. The van der Waals surface area contributed by atoms with Crippen molar-refractivity contribution in [3.63, 3.8) is 0 Å². The summed E-state index contributed by atoms with van der Waals surface area (Å²) in [5.41, 5.74) is 21.4. The van der Waals surface area contributed by atoms with Gasteiger partial charge in [-0.25, -0.2) is 0 Å². The van der Waals surface area contributed by atoms with Gasteiger partial charge in [-0.1, -0.05) is 87.7 Å². The van der Waals surface area contributed by atoms with E-state index in [1.54, 1.807) is 0 Å². The highest BCUT2D eigenvalue weighted by Crippen LogP contribution is 2.17. The number of nitrogens with one attached hydrogen (secondary N) is 4. The van der Waals surface area contributed by atoms with Gasteiger partial charge in [0.25, 0.3) is 0 Å².